The highest BCUT2D eigenvalue weighted by molar-refractivity contribution is 5.33. The largest absolute Gasteiger partial charge is 0.349 e. The molecule has 0 spiro atoms. The number of anilines is 1. The summed E-state index contributed by atoms with van der Waals surface area (Å²) in [5, 5.41) is 3.46. The first-order valence-corrected chi connectivity index (χ1v) is 6.76. The Hall–Kier alpha value is -1.84. The maximum absolute atomic E-state index is 4.56. The molecule has 0 saturated carbocycles. The minimum atomic E-state index is 0.196. The van der Waals surface area contributed by atoms with Gasteiger partial charge in [0.05, 0.1) is 11.7 Å². The van der Waals surface area contributed by atoms with E-state index in [1.807, 2.05) is 19.2 Å². The second-order valence-corrected chi connectivity index (χ2v) is 5.40. The quantitative estimate of drug-likeness (QED) is 0.893. The molecule has 4 nitrogen and oxygen atoms in total. The summed E-state index contributed by atoms with van der Waals surface area (Å²) in [5.41, 5.74) is 2.21. The third-order valence-corrected chi connectivity index (χ3v) is 2.99. The Balaban J connectivity index is 2.14. The van der Waals surface area contributed by atoms with Crippen molar-refractivity contribution < 1.29 is 0 Å². The zero-order valence-electron chi connectivity index (χ0n) is 12.1. The number of imidazole rings is 1. The van der Waals surface area contributed by atoms with Crippen molar-refractivity contribution >= 4 is 5.95 Å². The average molecular weight is 258 g/mol. The summed E-state index contributed by atoms with van der Waals surface area (Å²) in [5.74, 6) is 1.53. The van der Waals surface area contributed by atoms with E-state index in [9.17, 15) is 0 Å². The molecule has 4 heteroatoms. The van der Waals surface area contributed by atoms with Crippen LogP contribution in [0.2, 0.25) is 0 Å². The first-order valence-electron chi connectivity index (χ1n) is 6.76. The van der Waals surface area contributed by atoms with Gasteiger partial charge in [0.1, 0.15) is 0 Å². The van der Waals surface area contributed by atoms with E-state index in [2.05, 4.69) is 52.9 Å². The van der Waals surface area contributed by atoms with E-state index in [1.165, 1.54) is 5.56 Å². The van der Waals surface area contributed by atoms with Crippen LogP contribution in [0, 0.1) is 12.8 Å². The Bertz CT molecular complexity index is 516. The number of nitrogens with zero attached hydrogens (tertiary/aromatic N) is 3. The fraction of sp³-hybridized carbons (Fsp3) is 0.467. The first-order chi connectivity index (χ1) is 9.06. The van der Waals surface area contributed by atoms with Gasteiger partial charge in [-0.05, 0) is 31.4 Å². The summed E-state index contributed by atoms with van der Waals surface area (Å²) in [6, 6.07) is 4.23. The van der Waals surface area contributed by atoms with Gasteiger partial charge in [-0.2, -0.15) is 0 Å². The van der Waals surface area contributed by atoms with Gasteiger partial charge in [0.25, 0.3) is 0 Å². The lowest BCUT2D eigenvalue weighted by molar-refractivity contribution is 0.524. The molecule has 0 radical (unpaired) electrons. The Morgan fingerprint density at radius 1 is 1.32 bits per heavy atom. The molecule has 0 saturated heterocycles. The molecule has 102 valence electrons. The van der Waals surface area contributed by atoms with Crippen LogP contribution in [0.15, 0.2) is 30.7 Å². The summed E-state index contributed by atoms with van der Waals surface area (Å²) in [7, 11) is 0. The number of hydrogen-bond acceptors (Lipinski definition) is 3. The minimum absolute atomic E-state index is 0.196. The van der Waals surface area contributed by atoms with Crippen LogP contribution in [0.1, 0.15) is 38.1 Å². The van der Waals surface area contributed by atoms with Crippen LogP contribution in [0.25, 0.3) is 0 Å². The molecule has 0 bridgehead atoms. The van der Waals surface area contributed by atoms with Crippen molar-refractivity contribution in [3.8, 4) is 0 Å². The molecule has 0 aliphatic rings. The molecule has 0 aliphatic carbocycles. The molecule has 0 aromatic carbocycles. The van der Waals surface area contributed by atoms with E-state index >= 15 is 0 Å². The van der Waals surface area contributed by atoms with Crippen molar-refractivity contribution in [3.05, 3.63) is 42.0 Å². The van der Waals surface area contributed by atoms with Crippen molar-refractivity contribution in [2.45, 2.75) is 40.3 Å². The van der Waals surface area contributed by atoms with Crippen molar-refractivity contribution in [2.24, 2.45) is 5.92 Å². The fourth-order valence-corrected chi connectivity index (χ4v) is 2.10. The van der Waals surface area contributed by atoms with Gasteiger partial charge < -0.3 is 9.88 Å². The van der Waals surface area contributed by atoms with Gasteiger partial charge in [-0.15, -0.1) is 0 Å². The predicted octanol–water partition coefficient (Wildman–Crippen LogP) is 3.42. The monoisotopic (exact) mass is 258 g/mol. The van der Waals surface area contributed by atoms with E-state index in [0.717, 1.165) is 18.2 Å². The molecule has 2 rings (SSSR count). The summed E-state index contributed by atoms with van der Waals surface area (Å²) in [6.07, 6.45) is 5.78. The van der Waals surface area contributed by atoms with Crippen molar-refractivity contribution in [3.63, 3.8) is 0 Å². The Morgan fingerprint density at radius 2 is 2.11 bits per heavy atom. The van der Waals surface area contributed by atoms with Crippen LogP contribution in [-0.4, -0.2) is 14.5 Å². The van der Waals surface area contributed by atoms with Gasteiger partial charge in [-0.1, -0.05) is 19.9 Å². The minimum Gasteiger partial charge on any atom is -0.349 e. The van der Waals surface area contributed by atoms with Gasteiger partial charge in [-0.25, -0.2) is 4.98 Å². The summed E-state index contributed by atoms with van der Waals surface area (Å²) < 4.78 is 2.19. The average Bonchev–Trinajstić information content (AvgIpc) is 2.69. The molecule has 2 aromatic heterocycles. The van der Waals surface area contributed by atoms with Crippen LogP contribution in [0.5, 0.6) is 0 Å². The van der Waals surface area contributed by atoms with E-state index in [1.54, 1.807) is 6.20 Å². The molecular formula is C15H22N4. The highest BCUT2D eigenvalue weighted by Crippen LogP contribution is 2.19. The molecule has 0 aliphatic heterocycles. The molecule has 1 atom stereocenters. The molecule has 1 unspecified atom stereocenters. The number of nitrogens with one attached hydrogen (secondary N) is 1. The SMILES string of the molecule is Cc1cn(CC(C)C)c(NC(C)c2cccnc2)n1. The summed E-state index contributed by atoms with van der Waals surface area (Å²) >= 11 is 0. The van der Waals surface area contributed by atoms with E-state index in [4.69, 9.17) is 0 Å². The van der Waals surface area contributed by atoms with Gasteiger partial charge in [0, 0.05) is 25.1 Å². The Kier molecular flexibility index (Phi) is 4.20. The van der Waals surface area contributed by atoms with Crippen LogP contribution in [0.3, 0.4) is 0 Å². The maximum atomic E-state index is 4.56. The molecule has 2 aromatic rings. The van der Waals surface area contributed by atoms with Gasteiger partial charge in [0.15, 0.2) is 0 Å². The molecule has 0 amide bonds. The third kappa shape index (κ3) is 3.56. The van der Waals surface area contributed by atoms with Crippen LogP contribution in [0.4, 0.5) is 5.95 Å². The lowest BCUT2D eigenvalue weighted by atomic mass is 10.1. The Labute approximate surface area is 114 Å². The lowest BCUT2D eigenvalue weighted by Gasteiger charge is -2.17. The number of aryl methyl sites for hydroxylation is 1. The summed E-state index contributed by atoms with van der Waals surface area (Å²) in [6.45, 7) is 9.55. The zero-order valence-corrected chi connectivity index (χ0v) is 12.1. The van der Waals surface area contributed by atoms with Gasteiger partial charge in [-0.3, -0.25) is 4.98 Å². The zero-order chi connectivity index (χ0) is 13.8. The standard InChI is InChI=1S/C15H22N4/c1-11(2)9-19-10-12(3)17-15(19)18-13(4)14-6-5-7-16-8-14/h5-8,10-11,13H,9H2,1-4H3,(H,17,18). The topological polar surface area (TPSA) is 42.7 Å². The smallest absolute Gasteiger partial charge is 0.203 e. The first kappa shape index (κ1) is 13.6. The normalized spacial score (nSPS) is 12.7. The van der Waals surface area contributed by atoms with Crippen molar-refractivity contribution in [1.29, 1.82) is 0 Å². The molecule has 1 N–H and O–H groups in total. The highest BCUT2D eigenvalue weighted by Gasteiger charge is 2.11. The maximum Gasteiger partial charge on any atom is 0.203 e. The fourth-order valence-electron chi connectivity index (χ4n) is 2.10. The number of pyridine rings is 1. The van der Waals surface area contributed by atoms with Crippen molar-refractivity contribution in [1.82, 2.24) is 14.5 Å². The summed E-state index contributed by atoms with van der Waals surface area (Å²) in [4.78, 5) is 8.72. The van der Waals surface area contributed by atoms with E-state index in [-0.39, 0.29) is 6.04 Å². The van der Waals surface area contributed by atoms with Crippen molar-refractivity contribution in [2.75, 3.05) is 5.32 Å². The van der Waals surface area contributed by atoms with Crippen LogP contribution < -0.4 is 5.32 Å². The molecule has 19 heavy (non-hydrogen) atoms. The van der Waals surface area contributed by atoms with Gasteiger partial charge >= 0.3 is 0 Å². The molecular weight excluding hydrogens is 236 g/mol. The van der Waals surface area contributed by atoms with Crippen LogP contribution in [-0.2, 0) is 6.54 Å². The molecule has 0 fully saturated rings. The van der Waals surface area contributed by atoms with Gasteiger partial charge in [0.2, 0.25) is 5.95 Å². The second-order valence-electron chi connectivity index (χ2n) is 5.40. The molecule has 2 heterocycles. The number of hydrogen-bond donors (Lipinski definition) is 1. The Morgan fingerprint density at radius 3 is 2.74 bits per heavy atom. The number of aromatic nitrogens is 3. The predicted molar refractivity (Wildman–Crippen MR) is 78.1 cm³/mol. The number of rotatable bonds is 5. The highest BCUT2D eigenvalue weighted by atomic mass is 15.2. The second kappa shape index (κ2) is 5.87. The van der Waals surface area contributed by atoms with E-state index < -0.39 is 0 Å². The van der Waals surface area contributed by atoms with Crippen LogP contribution >= 0.6 is 0 Å². The van der Waals surface area contributed by atoms with E-state index in [0.29, 0.717) is 5.92 Å². The lowest BCUT2D eigenvalue weighted by Crippen LogP contribution is -2.13. The third-order valence-electron chi connectivity index (χ3n) is 2.99.